The van der Waals surface area contributed by atoms with Gasteiger partial charge in [0.15, 0.2) is 12.0 Å². The smallest absolute Gasteiger partial charge is 0.336 e. The van der Waals surface area contributed by atoms with Crippen LogP contribution < -0.4 is 5.32 Å². The van der Waals surface area contributed by atoms with Gasteiger partial charge in [-0.25, -0.2) is 4.79 Å². The molecule has 4 aliphatic carbocycles. The first kappa shape index (κ1) is 18.9. The van der Waals surface area contributed by atoms with Crippen molar-refractivity contribution in [1.29, 1.82) is 0 Å². The third-order valence-corrected chi connectivity index (χ3v) is 7.78. The first-order valence-corrected chi connectivity index (χ1v) is 11.0. The van der Waals surface area contributed by atoms with E-state index in [4.69, 9.17) is 14.2 Å². The van der Waals surface area contributed by atoms with E-state index in [9.17, 15) is 9.90 Å². The van der Waals surface area contributed by atoms with Crippen LogP contribution in [0.25, 0.3) is 0 Å². The van der Waals surface area contributed by atoms with E-state index in [1.54, 1.807) is 6.92 Å². The Morgan fingerprint density at radius 2 is 1.82 bits per heavy atom. The van der Waals surface area contributed by atoms with Crippen LogP contribution in [-0.2, 0) is 19.0 Å². The molecule has 28 heavy (non-hydrogen) atoms. The molecule has 1 saturated heterocycles. The Labute approximate surface area is 167 Å². The molecule has 0 aromatic rings. The summed E-state index contributed by atoms with van der Waals surface area (Å²) < 4.78 is 17.6. The standard InChI is InChI=1S/C22H33NO5/c1-3-26-19(24)18-13(2)23-22(25)10-17(18)20(28-12-22)27-11-21-7-14-4-15(8-21)6-16(5-14)9-21/h14-17,20,23,25H,3-12H2,1-2H3/t14?,15?,16?,17-,20+,21?,22+/m1/s1. The van der Waals surface area contributed by atoms with Gasteiger partial charge in [0.1, 0.15) is 0 Å². The van der Waals surface area contributed by atoms with Crippen molar-refractivity contribution < 1.29 is 24.1 Å². The van der Waals surface area contributed by atoms with Crippen LogP contribution in [0.2, 0.25) is 0 Å². The largest absolute Gasteiger partial charge is 0.463 e. The number of hydrogen-bond acceptors (Lipinski definition) is 6. The van der Waals surface area contributed by atoms with Gasteiger partial charge in [0.2, 0.25) is 0 Å². The lowest BCUT2D eigenvalue weighted by Crippen LogP contribution is -2.60. The number of ether oxygens (including phenoxy) is 3. The minimum atomic E-state index is -1.13. The molecule has 2 heterocycles. The zero-order chi connectivity index (χ0) is 19.5. The van der Waals surface area contributed by atoms with Crippen molar-refractivity contribution in [2.75, 3.05) is 19.8 Å². The summed E-state index contributed by atoms with van der Waals surface area (Å²) in [7, 11) is 0. The number of rotatable bonds is 5. The maximum atomic E-state index is 12.6. The number of hydrogen-bond donors (Lipinski definition) is 2. The van der Waals surface area contributed by atoms with Gasteiger partial charge >= 0.3 is 5.97 Å². The van der Waals surface area contributed by atoms with E-state index in [1.165, 1.54) is 38.5 Å². The summed E-state index contributed by atoms with van der Waals surface area (Å²) >= 11 is 0. The molecule has 4 saturated carbocycles. The van der Waals surface area contributed by atoms with Crippen molar-refractivity contribution in [3.8, 4) is 0 Å². The Morgan fingerprint density at radius 1 is 1.18 bits per heavy atom. The van der Waals surface area contributed by atoms with Gasteiger partial charge < -0.3 is 24.6 Å². The Balaban J connectivity index is 1.33. The summed E-state index contributed by atoms with van der Waals surface area (Å²) in [4.78, 5) is 12.6. The van der Waals surface area contributed by atoms with Crippen LogP contribution in [0, 0.1) is 29.1 Å². The van der Waals surface area contributed by atoms with E-state index in [2.05, 4.69) is 5.32 Å². The maximum Gasteiger partial charge on any atom is 0.336 e. The monoisotopic (exact) mass is 391 g/mol. The van der Waals surface area contributed by atoms with Crippen LogP contribution in [0.15, 0.2) is 11.3 Å². The molecule has 2 N–H and O–H groups in total. The molecule has 156 valence electrons. The summed E-state index contributed by atoms with van der Waals surface area (Å²) in [6.45, 7) is 4.83. The molecule has 0 unspecified atom stereocenters. The number of carbonyl (C=O) groups is 1. The first-order valence-electron chi connectivity index (χ1n) is 11.0. The number of allylic oxidation sites excluding steroid dienone is 1. The number of aliphatic hydroxyl groups is 1. The maximum absolute atomic E-state index is 12.6. The van der Waals surface area contributed by atoms with Crippen molar-refractivity contribution in [3.63, 3.8) is 0 Å². The average molecular weight is 392 g/mol. The quantitative estimate of drug-likeness (QED) is 0.702. The van der Waals surface area contributed by atoms with Gasteiger partial charge in [-0.3, -0.25) is 0 Å². The van der Waals surface area contributed by atoms with Gasteiger partial charge in [-0.1, -0.05) is 0 Å². The zero-order valence-corrected chi connectivity index (χ0v) is 17.0. The van der Waals surface area contributed by atoms with Crippen LogP contribution >= 0.6 is 0 Å². The van der Waals surface area contributed by atoms with Gasteiger partial charge in [0.05, 0.1) is 25.4 Å². The molecule has 6 rings (SSSR count). The molecule has 3 atom stereocenters. The predicted octanol–water partition coefficient (Wildman–Crippen LogP) is 2.71. The normalized spacial score (nSPS) is 46.5. The summed E-state index contributed by atoms with van der Waals surface area (Å²) in [6, 6.07) is 0. The molecular formula is C22H33NO5. The van der Waals surface area contributed by atoms with Crippen molar-refractivity contribution >= 4 is 5.97 Å². The number of esters is 1. The highest BCUT2D eigenvalue weighted by molar-refractivity contribution is 5.90. The fourth-order valence-electron chi connectivity index (χ4n) is 7.28. The van der Waals surface area contributed by atoms with E-state index >= 15 is 0 Å². The zero-order valence-electron chi connectivity index (χ0n) is 17.0. The van der Waals surface area contributed by atoms with Gasteiger partial charge in [-0.2, -0.15) is 0 Å². The van der Waals surface area contributed by atoms with Crippen LogP contribution in [0.5, 0.6) is 0 Å². The van der Waals surface area contributed by atoms with Crippen LogP contribution in [0.1, 0.15) is 58.8 Å². The molecule has 6 bridgehead atoms. The van der Waals surface area contributed by atoms with Crippen molar-refractivity contribution in [2.24, 2.45) is 29.1 Å². The van der Waals surface area contributed by atoms with E-state index in [-0.39, 0.29) is 18.5 Å². The predicted molar refractivity (Wildman–Crippen MR) is 102 cm³/mol. The molecule has 0 aromatic carbocycles. The molecule has 0 spiro atoms. The summed E-state index contributed by atoms with van der Waals surface area (Å²) in [5.41, 5.74) is 0.387. The number of fused-ring (bicyclic) bond motifs is 2. The van der Waals surface area contributed by atoms with E-state index in [1.807, 2.05) is 6.92 Å². The highest BCUT2D eigenvalue weighted by atomic mass is 16.7. The average Bonchev–Trinajstić information content (AvgIpc) is 2.59. The van der Waals surface area contributed by atoms with Gasteiger partial charge in [0, 0.05) is 18.0 Å². The van der Waals surface area contributed by atoms with E-state index < -0.39 is 12.0 Å². The summed E-state index contributed by atoms with van der Waals surface area (Å²) in [6.07, 6.45) is 7.99. The Bertz CT molecular complexity index is 653. The van der Waals surface area contributed by atoms with Gasteiger partial charge in [0.25, 0.3) is 0 Å². The number of nitrogens with one attached hydrogen (secondary N) is 1. The topological polar surface area (TPSA) is 77.0 Å². The lowest BCUT2D eigenvalue weighted by Gasteiger charge is -2.57. The molecule has 6 aliphatic rings. The Hall–Kier alpha value is -1.11. The SMILES string of the molecule is CCOC(=O)C1=C(C)N[C@@]2(O)CO[C@H](OCC34CC5CC(CC(C5)C3)C4)[C@@H]1C2. The van der Waals surface area contributed by atoms with E-state index in [0.717, 1.165) is 17.8 Å². The third kappa shape index (κ3) is 3.17. The van der Waals surface area contributed by atoms with Gasteiger partial charge in [-0.05, 0) is 75.5 Å². The number of carbonyl (C=O) groups excluding carboxylic acids is 1. The minimum absolute atomic E-state index is 0.169. The van der Waals surface area contributed by atoms with Crippen molar-refractivity contribution in [1.82, 2.24) is 5.32 Å². The summed E-state index contributed by atoms with van der Waals surface area (Å²) in [5.74, 6) is 2.00. The molecule has 6 nitrogen and oxygen atoms in total. The lowest BCUT2D eigenvalue weighted by atomic mass is 9.50. The second-order valence-electron chi connectivity index (χ2n) is 10.1. The molecule has 2 aliphatic heterocycles. The molecular weight excluding hydrogens is 358 g/mol. The molecule has 0 amide bonds. The van der Waals surface area contributed by atoms with Crippen LogP contribution in [-0.4, -0.2) is 42.9 Å². The second-order valence-corrected chi connectivity index (χ2v) is 10.1. The van der Waals surface area contributed by atoms with E-state index in [0.29, 0.717) is 36.3 Å². The fraction of sp³-hybridized carbons (Fsp3) is 0.864. The molecule has 0 radical (unpaired) electrons. The highest BCUT2D eigenvalue weighted by Gasteiger charge is 2.53. The lowest BCUT2D eigenvalue weighted by molar-refractivity contribution is -0.260. The van der Waals surface area contributed by atoms with Gasteiger partial charge in [-0.15, -0.1) is 0 Å². The summed E-state index contributed by atoms with van der Waals surface area (Å²) in [5, 5.41) is 13.8. The molecule has 6 heteroatoms. The molecule has 0 aromatic heterocycles. The first-order chi connectivity index (χ1) is 13.4. The van der Waals surface area contributed by atoms with Crippen molar-refractivity contribution in [3.05, 3.63) is 11.3 Å². The van der Waals surface area contributed by atoms with Crippen molar-refractivity contribution in [2.45, 2.75) is 70.8 Å². The Morgan fingerprint density at radius 3 is 2.43 bits per heavy atom. The molecule has 5 fully saturated rings. The second kappa shape index (κ2) is 6.71. The third-order valence-electron chi connectivity index (χ3n) is 7.78. The highest BCUT2D eigenvalue weighted by Crippen LogP contribution is 2.60. The van der Waals surface area contributed by atoms with Crippen LogP contribution in [0.3, 0.4) is 0 Å². The minimum Gasteiger partial charge on any atom is -0.463 e. The Kier molecular flexibility index (Phi) is 4.53. The van der Waals surface area contributed by atoms with Crippen LogP contribution in [0.4, 0.5) is 0 Å². The fourth-order valence-corrected chi connectivity index (χ4v) is 7.28.